The van der Waals surface area contributed by atoms with Gasteiger partial charge in [0.1, 0.15) is 5.82 Å². The maximum Gasteiger partial charge on any atom is 0.255 e. The second-order valence-corrected chi connectivity index (χ2v) is 8.33. The van der Waals surface area contributed by atoms with Crippen molar-refractivity contribution in [1.29, 1.82) is 0 Å². The van der Waals surface area contributed by atoms with Crippen LogP contribution in [0, 0.1) is 11.6 Å². The molecule has 0 aliphatic carbocycles. The van der Waals surface area contributed by atoms with Crippen LogP contribution in [-0.4, -0.2) is 42.2 Å². The highest BCUT2D eigenvalue weighted by Crippen LogP contribution is 2.23. The molecule has 8 nitrogen and oxygen atoms in total. The largest absolute Gasteiger partial charge is 0.378 e. The summed E-state index contributed by atoms with van der Waals surface area (Å²) in [7, 11) is 0. The zero-order valence-corrected chi connectivity index (χ0v) is 19.7. The highest BCUT2D eigenvalue weighted by Gasteiger charge is 2.13. The minimum absolute atomic E-state index is 0.0708. The molecule has 1 aliphatic heterocycles. The fourth-order valence-electron chi connectivity index (χ4n) is 3.83. The Kier molecular flexibility index (Phi) is 7.18. The first-order valence-electron chi connectivity index (χ1n) is 11.7. The van der Waals surface area contributed by atoms with E-state index >= 15 is 0 Å². The van der Waals surface area contributed by atoms with Crippen molar-refractivity contribution in [2.75, 3.05) is 47.2 Å². The van der Waals surface area contributed by atoms with Crippen molar-refractivity contribution < 1.29 is 18.3 Å². The van der Waals surface area contributed by atoms with Crippen LogP contribution in [0.2, 0.25) is 0 Å². The van der Waals surface area contributed by atoms with E-state index in [0.29, 0.717) is 35.8 Å². The van der Waals surface area contributed by atoms with Crippen molar-refractivity contribution in [1.82, 2.24) is 9.97 Å². The van der Waals surface area contributed by atoms with Gasteiger partial charge in [0.25, 0.3) is 5.91 Å². The van der Waals surface area contributed by atoms with E-state index in [0.717, 1.165) is 25.0 Å². The van der Waals surface area contributed by atoms with Crippen molar-refractivity contribution in [3.05, 3.63) is 96.2 Å². The number of nitrogens with zero attached hydrogens (tertiary/aromatic N) is 3. The van der Waals surface area contributed by atoms with Gasteiger partial charge in [-0.2, -0.15) is 4.98 Å². The van der Waals surface area contributed by atoms with E-state index in [2.05, 4.69) is 30.8 Å². The van der Waals surface area contributed by atoms with E-state index in [9.17, 15) is 13.6 Å². The summed E-state index contributed by atoms with van der Waals surface area (Å²) in [6.45, 7) is 3.09. The first-order valence-corrected chi connectivity index (χ1v) is 11.7. The van der Waals surface area contributed by atoms with Crippen molar-refractivity contribution in [3.8, 4) is 0 Å². The fourth-order valence-corrected chi connectivity index (χ4v) is 3.83. The summed E-state index contributed by atoms with van der Waals surface area (Å²) in [6, 6.07) is 20.0. The number of morpholine rings is 1. The molecule has 5 rings (SSSR count). The van der Waals surface area contributed by atoms with Gasteiger partial charge in [0, 0.05) is 41.4 Å². The molecule has 3 aromatic carbocycles. The summed E-state index contributed by atoms with van der Waals surface area (Å²) in [6.07, 6.45) is 1.03. The lowest BCUT2D eigenvalue weighted by Crippen LogP contribution is -2.36. The lowest BCUT2D eigenvalue weighted by atomic mass is 10.1. The molecule has 1 aliphatic rings. The van der Waals surface area contributed by atoms with Gasteiger partial charge >= 0.3 is 0 Å². The highest BCUT2D eigenvalue weighted by atomic mass is 19.1. The maximum absolute atomic E-state index is 14.2. The van der Waals surface area contributed by atoms with Crippen LogP contribution < -0.4 is 20.9 Å². The average molecular weight is 503 g/mol. The van der Waals surface area contributed by atoms with Gasteiger partial charge in [0.15, 0.2) is 11.6 Å². The van der Waals surface area contributed by atoms with Gasteiger partial charge in [-0.1, -0.05) is 6.07 Å². The predicted molar refractivity (Wildman–Crippen MR) is 139 cm³/mol. The van der Waals surface area contributed by atoms with Crippen molar-refractivity contribution in [2.24, 2.45) is 0 Å². The molecule has 0 bridgehead atoms. The molecule has 0 saturated carbocycles. The molecule has 3 N–H and O–H groups in total. The molecule has 1 fully saturated rings. The third-order valence-corrected chi connectivity index (χ3v) is 5.73. The zero-order chi connectivity index (χ0) is 25.6. The number of carbonyl (C=O) groups is 1. The van der Waals surface area contributed by atoms with Crippen LogP contribution >= 0.6 is 0 Å². The lowest BCUT2D eigenvalue weighted by molar-refractivity contribution is 0.102. The number of anilines is 6. The number of aromatic nitrogens is 2. The molecule has 1 amide bonds. The second-order valence-electron chi connectivity index (χ2n) is 8.33. The van der Waals surface area contributed by atoms with E-state index in [4.69, 9.17) is 4.74 Å². The molecule has 4 aromatic rings. The van der Waals surface area contributed by atoms with Gasteiger partial charge in [-0.15, -0.1) is 0 Å². The van der Waals surface area contributed by atoms with E-state index in [-0.39, 0.29) is 17.7 Å². The van der Waals surface area contributed by atoms with Gasteiger partial charge in [0.2, 0.25) is 5.95 Å². The van der Waals surface area contributed by atoms with Gasteiger partial charge in [-0.3, -0.25) is 4.79 Å². The topological polar surface area (TPSA) is 91.4 Å². The molecule has 0 radical (unpaired) electrons. The smallest absolute Gasteiger partial charge is 0.255 e. The SMILES string of the molecule is O=C(Nc1ccc(N2CCOCC2)cc1)c1cccc(Nc2ncc(F)c(Nc3ccc(F)cc3)n2)c1. The minimum atomic E-state index is -0.664. The van der Waals surface area contributed by atoms with Gasteiger partial charge < -0.3 is 25.6 Å². The normalized spacial score (nSPS) is 13.2. The Bertz CT molecular complexity index is 1380. The van der Waals surface area contributed by atoms with Crippen LogP contribution in [0.5, 0.6) is 0 Å². The average Bonchev–Trinajstić information content (AvgIpc) is 2.93. The molecule has 0 unspecified atom stereocenters. The molecule has 37 heavy (non-hydrogen) atoms. The van der Waals surface area contributed by atoms with E-state index in [1.165, 1.54) is 24.3 Å². The summed E-state index contributed by atoms with van der Waals surface area (Å²) in [5.74, 6) is -1.28. The number of benzene rings is 3. The predicted octanol–water partition coefficient (Wildman–Crippen LogP) is 5.33. The second kappa shape index (κ2) is 11.0. The standard InChI is InChI=1S/C27H24F2N6O2/c28-19-4-6-20(7-5-19)31-25-24(29)17-30-27(34-25)33-22-3-1-2-18(16-22)26(36)32-21-8-10-23(11-9-21)35-12-14-37-15-13-35/h1-11,16-17H,12-15H2,(H,32,36)(H2,30,31,33,34). The number of nitrogens with one attached hydrogen (secondary N) is 3. The van der Waals surface area contributed by atoms with Crippen LogP contribution in [0.4, 0.5) is 43.3 Å². The Hall–Kier alpha value is -4.57. The Balaban J connectivity index is 1.24. The molecule has 188 valence electrons. The third kappa shape index (κ3) is 6.17. The summed E-state index contributed by atoms with van der Waals surface area (Å²) in [4.78, 5) is 23.2. The van der Waals surface area contributed by atoms with Gasteiger partial charge in [-0.05, 0) is 66.7 Å². The summed E-state index contributed by atoms with van der Waals surface area (Å²) in [5, 5.41) is 8.69. The summed E-state index contributed by atoms with van der Waals surface area (Å²) in [5.41, 5.74) is 3.21. The molecule has 0 atom stereocenters. The maximum atomic E-state index is 14.2. The number of rotatable bonds is 7. The highest BCUT2D eigenvalue weighted by molar-refractivity contribution is 6.04. The van der Waals surface area contributed by atoms with Crippen LogP contribution in [-0.2, 0) is 4.74 Å². The Morgan fingerprint density at radius 2 is 1.59 bits per heavy atom. The van der Waals surface area contributed by atoms with E-state index in [1.54, 1.807) is 24.3 Å². The van der Waals surface area contributed by atoms with E-state index in [1.807, 2.05) is 24.3 Å². The Morgan fingerprint density at radius 1 is 0.865 bits per heavy atom. The van der Waals surface area contributed by atoms with Crippen molar-refractivity contribution in [2.45, 2.75) is 0 Å². The number of amides is 1. The van der Waals surface area contributed by atoms with Gasteiger partial charge in [0.05, 0.1) is 19.4 Å². The molecule has 10 heteroatoms. The van der Waals surface area contributed by atoms with Crippen LogP contribution in [0.25, 0.3) is 0 Å². The number of carbonyl (C=O) groups excluding carboxylic acids is 1. The van der Waals surface area contributed by atoms with Crippen molar-refractivity contribution in [3.63, 3.8) is 0 Å². The van der Waals surface area contributed by atoms with Gasteiger partial charge in [-0.25, -0.2) is 13.8 Å². The zero-order valence-electron chi connectivity index (χ0n) is 19.7. The molecule has 1 aromatic heterocycles. The van der Waals surface area contributed by atoms with Crippen molar-refractivity contribution >= 4 is 40.4 Å². The summed E-state index contributed by atoms with van der Waals surface area (Å²) < 4.78 is 32.8. The number of hydrogen-bond donors (Lipinski definition) is 3. The molecule has 0 spiro atoms. The van der Waals surface area contributed by atoms with Crippen LogP contribution in [0.3, 0.4) is 0 Å². The first-order chi connectivity index (χ1) is 18.0. The quantitative estimate of drug-likeness (QED) is 0.315. The number of hydrogen-bond acceptors (Lipinski definition) is 7. The van der Waals surface area contributed by atoms with Crippen LogP contribution in [0.1, 0.15) is 10.4 Å². The lowest BCUT2D eigenvalue weighted by Gasteiger charge is -2.28. The van der Waals surface area contributed by atoms with E-state index < -0.39 is 11.6 Å². The Labute approximate surface area is 212 Å². The monoisotopic (exact) mass is 502 g/mol. The van der Waals surface area contributed by atoms with Crippen LogP contribution in [0.15, 0.2) is 79.0 Å². The molecule has 1 saturated heterocycles. The number of halogens is 2. The third-order valence-electron chi connectivity index (χ3n) is 5.73. The summed E-state index contributed by atoms with van der Waals surface area (Å²) >= 11 is 0. The molecule has 2 heterocycles. The first kappa shape index (κ1) is 24.1. The fraction of sp³-hybridized carbons (Fsp3) is 0.148. The molecular formula is C27H24F2N6O2. The molecular weight excluding hydrogens is 478 g/mol. The minimum Gasteiger partial charge on any atom is -0.378 e. The Morgan fingerprint density at radius 3 is 2.35 bits per heavy atom. The number of ether oxygens (including phenoxy) is 1.